The zero-order chi connectivity index (χ0) is 9.80. The van der Waals surface area contributed by atoms with Gasteiger partial charge in [0.15, 0.2) is 0 Å². The minimum atomic E-state index is 0.637. The molecule has 0 saturated carbocycles. The van der Waals surface area contributed by atoms with Gasteiger partial charge in [0.25, 0.3) is 0 Å². The number of benzene rings is 1. The van der Waals surface area contributed by atoms with Crippen LogP contribution < -0.4 is 4.74 Å². The van der Waals surface area contributed by atoms with E-state index in [-0.39, 0.29) is 0 Å². The molecule has 0 aliphatic heterocycles. The van der Waals surface area contributed by atoms with Crippen molar-refractivity contribution in [3.05, 3.63) is 54.3 Å². The quantitative estimate of drug-likeness (QED) is 0.686. The van der Waals surface area contributed by atoms with Gasteiger partial charge in [-0.1, -0.05) is 31.2 Å². The van der Waals surface area contributed by atoms with Crippen molar-refractivity contribution in [2.24, 2.45) is 5.92 Å². The maximum Gasteiger partial charge on any atom is 0.127 e. The maximum atomic E-state index is 5.68. The lowest BCUT2D eigenvalue weighted by molar-refractivity contribution is 0.435. The predicted octanol–water partition coefficient (Wildman–Crippen LogP) is 3.55. The van der Waals surface area contributed by atoms with Gasteiger partial charge in [0.2, 0.25) is 0 Å². The van der Waals surface area contributed by atoms with Crippen molar-refractivity contribution in [2.45, 2.75) is 13.3 Å². The summed E-state index contributed by atoms with van der Waals surface area (Å²) in [5.74, 6) is 2.49. The first-order valence-electron chi connectivity index (χ1n) is 4.96. The third-order valence-corrected chi connectivity index (χ3v) is 2.26. The second-order valence-corrected chi connectivity index (χ2v) is 3.59. The minimum absolute atomic E-state index is 0.637. The van der Waals surface area contributed by atoms with E-state index in [0.29, 0.717) is 5.92 Å². The second-order valence-electron chi connectivity index (χ2n) is 3.59. The summed E-state index contributed by atoms with van der Waals surface area (Å²) in [6, 6.07) is 9.87. The Morgan fingerprint density at radius 1 is 1.21 bits per heavy atom. The molecule has 2 rings (SSSR count). The summed E-state index contributed by atoms with van der Waals surface area (Å²) in [4.78, 5) is 0. The summed E-state index contributed by atoms with van der Waals surface area (Å²) in [6.45, 7) is 2.20. The molecule has 0 fully saturated rings. The highest BCUT2D eigenvalue weighted by molar-refractivity contribution is 5.27. The summed E-state index contributed by atoms with van der Waals surface area (Å²) in [7, 11) is 0. The standard InChI is InChI=1S/C13H14O/c1-11-7-9-13(10-8-11)14-12-5-3-2-4-6-12/h2-7,9-11H,8H2,1H3. The van der Waals surface area contributed by atoms with Gasteiger partial charge in [0.05, 0.1) is 0 Å². The van der Waals surface area contributed by atoms with Gasteiger partial charge in [-0.05, 0) is 36.6 Å². The molecule has 72 valence electrons. The number of ether oxygens (including phenoxy) is 1. The van der Waals surface area contributed by atoms with Crippen molar-refractivity contribution in [3.63, 3.8) is 0 Å². The molecule has 0 spiro atoms. The average molecular weight is 186 g/mol. The molecule has 0 heterocycles. The van der Waals surface area contributed by atoms with Crippen molar-refractivity contribution >= 4 is 0 Å². The molecular formula is C13H14O. The van der Waals surface area contributed by atoms with Crippen LogP contribution >= 0.6 is 0 Å². The van der Waals surface area contributed by atoms with Crippen molar-refractivity contribution in [3.8, 4) is 5.75 Å². The Morgan fingerprint density at radius 2 is 2.00 bits per heavy atom. The van der Waals surface area contributed by atoms with Crippen molar-refractivity contribution in [1.29, 1.82) is 0 Å². The van der Waals surface area contributed by atoms with E-state index >= 15 is 0 Å². The molecule has 0 radical (unpaired) electrons. The van der Waals surface area contributed by atoms with E-state index in [1.54, 1.807) is 0 Å². The van der Waals surface area contributed by atoms with Gasteiger partial charge in [-0.3, -0.25) is 0 Å². The molecule has 0 saturated heterocycles. The van der Waals surface area contributed by atoms with E-state index in [1.807, 2.05) is 36.4 Å². The number of allylic oxidation sites excluding steroid dienone is 3. The van der Waals surface area contributed by atoms with E-state index in [9.17, 15) is 0 Å². The molecule has 1 aliphatic carbocycles. The van der Waals surface area contributed by atoms with Gasteiger partial charge in [0.1, 0.15) is 11.5 Å². The van der Waals surface area contributed by atoms with Crippen molar-refractivity contribution in [1.82, 2.24) is 0 Å². The summed E-state index contributed by atoms with van der Waals surface area (Å²) in [6.07, 6.45) is 7.43. The van der Waals surface area contributed by atoms with Crippen LogP contribution in [0.25, 0.3) is 0 Å². The van der Waals surface area contributed by atoms with Crippen LogP contribution in [-0.4, -0.2) is 0 Å². The fourth-order valence-electron chi connectivity index (χ4n) is 1.41. The Hall–Kier alpha value is -1.50. The van der Waals surface area contributed by atoms with Gasteiger partial charge in [-0.15, -0.1) is 0 Å². The van der Waals surface area contributed by atoms with Crippen LogP contribution in [0.4, 0.5) is 0 Å². The average Bonchev–Trinajstić information content (AvgIpc) is 2.23. The number of hydrogen-bond acceptors (Lipinski definition) is 1. The molecule has 0 N–H and O–H groups in total. The Kier molecular flexibility index (Phi) is 2.68. The molecule has 1 aromatic carbocycles. The highest BCUT2D eigenvalue weighted by atomic mass is 16.5. The Morgan fingerprint density at radius 3 is 2.64 bits per heavy atom. The fraction of sp³-hybridized carbons (Fsp3) is 0.231. The maximum absolute atomic E-state index is 5.68. The molecular weight excluding hydrogens is 172 g/mol. The third-order valence-electron chi connectivity index (χ3n) is 2.26. The topological polar surface area (TPSA) is 9.23 Å². The van der Waals surface area contributed by atoms with E-state index in [2.05, 4.69) is 19.1 Å². The van der Waals surface area contributed by atoms with Crippen molar-refractivity contribution in [2.75, 3.05) is 0 Å². The van der Waals surface area contributed by atoms with Crippen LogP contribution in [0, 0.1) is 5.92 Å². The Balaban J connectivity index is 2.03. The number of rotatable bonds is 2. The lowest BCUT2D eigenvalue weighted by atomic mass is 10.0. The molecule has 1 nitrogen and oxygen atoms in total. The zero-order valence-corrected chi connectivity index (χ0v) is 8.31. The third kappa shape index (κ3) is 2.25. The summed E-state index contributed by atoms with van der Waals surface area (Å²) in [5, 5.41) is 0. The van der Waals surface area contributed by atoms with E-state index in [4.69, 9.17) is 4.74 Å². The van der Waals surface area contributed by atoms with Crippen LogP contribution in [0.5, 0.6) is 5.75 Å². The van der Waals surface area contributed by atoms with Crippen LogP contribution in [0.15, 0.2) is 54.3 Å². The highest BCUT2D eigenvalue weighted by Crippen LogP contribution is 2.19. The molecule has 0 amide bonds. The molecule has 1 aliphatic rings. The van der Waals surface area contributed by atoms with Gasteiger partial charge in [-0.25, -0.2) is 0 Å². The van der Waals surface area contributed by atoms with E-state index in [0.717, 1.165) is 17.9 Å². The summed E-state index contributed by atoms with van der Waals surface area (Å²) in [5.41, 5.74) is 0. The zero-order valence-electron chi connectivity index (χ0n) is 8.31. The first-order chi connectivity index (χ1) is 6.84. The number of hydrogen-bond donors (Lipinski definition) is 0. The van der Waals surface area contributed by atoms with Crippen LogP contribution in [-0.2, 0) is 0 Å². The highest BCUT2D eigenvalue weighted by Gasteiger charge is 2.04. The molecule has 1 aromatic rings. The second kappa shape index (κ2) is 4.14. The van der Waals surface area contributed by atoms with Crippen LogP contribution in [0.3, 0.4) is 0 Å². The van der Waals surface area contributed by atoms with Crippen LogP contribution in [0.2, 0.25) is 0 Å². The van der Waals surface area contributed by atoms with E-state index < -0.39 is 0 Å². The molecule has 1 unspecified atom stereocenters. The molecule has 0 aromatic heterocycles. The molecule has 1 atom stereocenters. The SMILES string of the molecule is CC1C=CC(Oc2ccccc2)=CC1. The first-order valence-corrected chi connectivity index (χ1v) is 4.96. The molecule has 1 heteroatoms. The Bertz CT molecular complexity index is 349. The van der Waals surface area contributed by atoms with E-state index in [1.165, 1.54) is 0 Å². The first kappa shape index (κ1) is 9.07. The minimum Gasteiger partial charge on any atom is -0.458 e. The molecule has 14 heavy (non-hydrogen) atoms. The van der Waals surface area contributed by atoms with Gasteiger partial charge in [-0.2, -0.15) is 0 Å². The van der Waals surface area contributed by atoms with Crippen LogP contribution in [0.1, 0.15) is 13.3 Å². The van der Waals surface area contributed by atoms with Gasteiger partial charge in [0, 0.05) is 0 Å². The lowest BCUT2D eigenvalue weighted by Gasteiger charge is -2.12. The lowest BCUT2D eigenvalue weighted by Crippen LogP contribution is -1.99. The smallest absolute Gasteiger partial charge is 0.127 e. The largest absolute Gasteiger partial charge is 0.458 e. The summed E-state index contributed by atoms with van der Waals surface area (Å²) < 4.78 is 5.68. The predicted molar refractivity (Wildman–Crippen MR) is 58.1 cm³/mol. The monoisotopic (exact) mass is 186 g/mol. The van der Waals surface area contributed by atoms with Gasteiger partial charge < -0.3 is 4.74 Å². The normalized spacial score (nSPS) is 20.4. The van der Waals surface area contributed by atoms with Crippen molar-refractivity contribution < 1.29 is 4.74 Å². The number of para-hydroxylation sites is 1. The van der Waals surface area contributed by atoms with Gasteiger partial charge >= 0.3 is 0 Å². The summed E-state index contributed by atoms with van der Waals surface area (Å²) >= 11 is 0. The fourth-order valence-corrected chi connectivity index (χ4v) is 1.41. The molecule has 0 bridgehead atoms. The Labute approximate surface area is 84.7 Å².